The highest BCUT2D eigenvalue weighted by Gasteiger charge is 2.25. The summed E-state index contributed by atoms with van der Waals surface area (Å²) >= 11 is 0. The molecule has 12 nitrogen and oxygen atoms in total. The summed E-state index contributed by atoms with van der Waals surface area (Å²) in [4.78, 5) is 19.3. The van der Waals surface area contributed by atoms with Crippen molar-refractivity contribution in [2.24, 2.45) is 0 Å². The lowest BCUT2D eigenvalue weighted by Gasteiger charge is -2.19. The van der Waals surface area contributed by atoms with Crippen LogP contribution in [0.1, 0.15) is 11.1 Å². The molecule has 68 heavy (non-hydrogen) atoms. The maximum atomic E-state index is 6.70. The molecule has 11 aromatic rings. The SMILES string of the molecule is COc1cc(Oc2ccc3c4ccccc4n(-c4cc(C)ccn4)c3c2)cc(-c2cnc(-c3cc(Oc4ccc5c6ccccc6n(-c6cc(C)ccn6)c5c4)c(OC)c(OC)c3OC)cn2)c1. The van der Waals surface area contributed by atoms with E-state index < -0.39 is 0 Å². The zero-order chi connectivity index (χ0) is 46.5. The number of rotatable bonds is 12. The first-order valence-corrected chi connectivity index (χ1v) is 22.0. The van der Waals surface area contributed by atoms with E-state index in [9.17, 15) is 0 Å². The number of hydrogen-bond acceptors (Lipinski definition) is 10. The number of ether oxygens (including phenoxy) is 6. The van der Waals surface area contributed by atoms with Crippen LogP contribution < -0.4 is 28.4 Å². The molecular weight excluding hydrogens is 853 g/mol. The van der Waals surface area contributed by atoms with Gasteiger partial charge in [0.05, 0.1) is 79.9 Å². The van der Waals surface area contributed by atoms with Crippen LogP contribution in [0.4, 0.5) is 0 Å². The van der Waals surface area contributed by atoms with Crippen LogP contribution in [0.3, 0.4) is 0 Å². The smallest absolute Gasteiger partial charge is 0.207 e. The number of pyridine rings is 2. The van der Waals surface area contributed by atoms with Crippen molar-refractivity contribution in [3.8, 4) is 80.1 Å². The summed E-state index contributed by atoms with van der Waals surface area (Å²) in [5.41, 5.74) is 8.69. The van der Waals surface area contributed by atoms with Gasteiger partial charge >= 0.3 is 0 Å². The third-order valence-electron chi connectivity index (χ3n) is 12.1. The first-order valence-electron chi connectivity index (χ1n) is 22.0. The molecule has 0 aliphatic carbocycles. The molecule has 0 saturated carbocycles. The summed E-state index contributed by atoms with van der Waals surface area (Å²) in [6.45, 7) is 4.13. The average molecular weight is 897 g/mol. The lowest BCUT2D eigenvalue weighted by atomic mass is 10.1. The van der Waals surface area contributed by atoms with Crippen LogP contribution in [0.25, 0.3) is 77.8 Å². The molecule has 0 amide bonds. The lowest BCUT2D eigenvalue weighted by molar-refractivity contribution is 0.313. The van der Waals surface area contributed by atoms with Crippen LogP contribution in [0, 0.1) is 13.8 Å². The molecule has 0 N–H and O–H groups in total. The van der Waals surface area contributed by atoms with Crippen molar-refractivity contribution in [2.75, 3.05) is 28.4 Å². The van der Waals surface area contributed by atoms with E-state index in [4.69, 9.17) is 48.4 Å². The highest BCUT2D eigenvalue weighted by molar-refractivity contribution is 6.10. The lowest BCUT2D eigenvalue weighted by Crippen LogP contribution is -2.01. The fourth-order valence-corrected chi connectivity index (χ4v) is 9.03. The van der Waals surface area contributed by atoms with Gasteiger partial charge < -0.3 is 28.4 Å². The van der Waals surface area contributed by atoms with Gasteiger partial charge in [0.15, 0.2) is 11.5 Å². The Kier molecular flexibility index (Phi) is 10.5. The third kappa shape index (κ3) is 7.28. The van der Waals surface area contributed by atoms with E-state index >= 15 is 0 Å². The third-order valence-corrected chi connectivity index (χ3v) is 12.1. The second-order valence-corrected chi connectivity index (χ2v) is 16.4. The summed E-state index contributed by atoms with van der Waals surface area (Å²) in [6.07, 6.45) is 7.06. The van der Waals surface area contributed by atoms with Gasteiger partial charge in [0.1, 0.15) is 34.6 Å². The molecule has 0 aliphatic heterocycles. The maximum Gasteiger partial charge on any atom is 0.207 e. The fourth-order valence-electron chi connectivity index (χ4n) is 9.03. The Balaban J connectivity index is 0.937. The van der Waals surface area contributed by atoms with E-state index in [-0.39, 0.29) is 0 Å². The van der Waals surface area contributed by atoms with E-state index in [1.165, 1.54) is 0 Å². The van der Waals surface area contributed by atoms with Crippen molar-refractivity contribution in [3.63, 3.8) is 0 Å². The predicted molar refractivity (Wildman–Crippen MR) is 266 cm³/mol. The second-order valence-electron chi connectivity index (χ2n) is 16.4. The predicted octanol–water partition coefficient (Wildman–Crippen LogP) is 13.0. The minimum Gasteiger partial charge on any atom is -0.497 e. The Hall–Kier alpha value is -8.90. The van der Waals surface area contributed by atoms with Crippen molar-refractivity contribution in [2.45, 2.75) is 13.8 Å². The van der Waals surface area contributed by atoms with Gasteiger partial charge in [-0.1, -0.05) is 36.4 Å². The Bertz CT molecular complexity index is 3730. The van der Waals surface area contributed by atoms with Gasteiger partial charge in [0.2, 0.25) is 11.5 Å². The van der Waals surface area contributed by atoms with Crippen molar-refractivity contribution in [3.05, 3.63) is 169 Å². The Morgan fingerprint density at radius 1 is 0.397 bits per heavy atom. The van der Waals surface area contributed by atoms with Gasteiger partial charge in [-0.05, 0) is 104 Å². The first kappa shape index (κ1) is 41.8. The number of aromatic nitrogens is 6. The van der Waals surface area contributed by atoms with Gasteiger partial charge in [0, 0.05) is 57.7 Å². The van der Waals surface area contributed by atoms with Crippen LogP contribution in [-0.4, -0.2) is 57.5 Å². The molecule has 6 aromatic carbocycles. The van der Waals surface area contributed by atoms with E-state index in [0.717, 1.165) is 71.9 Å². The topological polar surface area (TPSA) is 117 Å². The van der Waals surface area contributed by atoms with Crippen LogP contribution in [0.5, 0.6) is 46.0 Å². The van der Waals surface area contributed by atoms with Crippen molar-refractivity contribution < 1.29 is 28.4 Å². The quantitative estimate of drug-likeness (QED) is 0.117. The minimum absolute atomic E-state index is 0.343. The molecule has 0 radical (unpaired) electrons. The molecule has 0 saturated heterocycles. The summed E-state index contributed by atoms with van der Waals surface area (Å²) in [7, 11) is 6.32. The van der Waals surface area contributed by atoms with Gasteiger partial charge in [-0.25, -0.2) is 9.97 Å². The van der Waals surface area contributed by atoms with Crippen molar-refractivity contribution in [1.29, 1.82) is 0 Å². The van der Waals surface area contributed by atoms with Crippen LogP contribution >= 0.6 is 0 Å². The van der Waals surface area contributed by atoms with Crippen LogP contribution in [0.15, 0.2) is 158 Å². The molecular formula is C56H44N6O6. The number of nitrogens with zero attached hydrogens (tertiary/aromatic N) is 6. The highest BCUT2D eigenvalue weighted by Crippen LogP contribution is 2.51. The molecule has 0 atom stereocenters. The first-order chi connectivity index (χ1) is 33.3. The zero-order valence-electron chi connectivity index (χ0n) is 38.1. The molecule has 0 unspecified atom stereocenters. The average Bonchev–Trinajstić information content (AvgIpc) is 3.88. The number of benzene rings is 6. The fraction of sp³-hybridized carbons (Fsp3) is 0.107. The van der Waals surface area contributed by atoms with Crippen molar-refractivity contribution >= 4 is 43.6 Å². The van der Waals surface area contributed by atoms with E-state index in [1.54, 1.807) is 40.8 Å². The van der Waals surface area contributed by atoms with Crippen molar-refractivity contribution in [1.82, 2.24) is 29.1 Å². The Morgan fingerprint density at radius 2 is 0.926 bits per heavy atom. The number of para-hydroxylation sites is 2. The normalized spacial score (nSPS) is 11.4. The van der Waals surface area contributed by atoms with Gasteiger partial charge in [-0.2, -0.15) is 0 Å². The van der Waals surface area contributed by atoms with E-state index in [0.29, 0.717) is 62.9 Å². The summed E-state index contributed by atoms with van der Waals surface area (Å²) in [5, 5.41) is 4.41. The highest BCUT2D eigenvalue weighted by atomic mass is 16.5. The monoisotopic (exact) mass is 896 g/mol. The Labute approximate surface area is 391 Å². The maximum absolute atomic E-state index is 6.70. The summed E-state index contributed by atoms with van der Waals surface area (Å²) < 4.78 is 41.2. The Morgan fingerprint density at radius 3 is 1.47 bits per heavy atom. The summed E-state index contributed by atoms with van der Waals surface area (Å²) in [5.74, 6) is 5.54. The van der Waals surface area contributed by atoms with Crippen LogP contribution in [0.2, 0.25) is 0 Å². The second kappa shape index (κ2) is 17.1. The molecule has 5 aromatic heterocycles. The molecule has 0 spiro atoms. The standard InChI is InChI=1S/C56H44N6O6/c1-33-19-21-57-52(23-33)61-47-13-9-7-11-40(47)42-17-15-36(28-49(42)61)67-39-26-35(25-38(27-39)63-3)45-31-60-46(32-59-45)44-30-51(55(65-5)56(66-6)54(44)64-4)68-37-16-18-43-41-12-8-10-14-48(41)62(50(43)29-37)53-24-34(2)20-22-58-53/h7-32H,1-6H3. The van der Waals surface area contributed by atoms with Gasteiger partial charge in [-0.15, -0.1) is 0 Å². The molecule has 5 heterocycles. The molecule has 12 heteroatoms. The molecule has 0 bridgehead atoms. The minimum atomic E-state index is 0.343. The van der Waals surface area contributed by atoms with E-state index in [1.807, 2.05) is 91.3 Å². The molecule has 11 rings (SSSR count). The van der Waals surface area contributed by atoms with Gasteiger partial charge in [0.25, 0.3) is 0 Å². The summed E-state index contributed by atoms with van der Waals surface area (Å²) in [6, 6.07) is 44.4. The number of methoxy groups -OCH3 is 4. The van der Waals surface area contributed by atoms with E-state index in [2.05, 4.69) is 77.6 Å². The molecule has 0 aliphatic rings. The number of aryl methyl sites for hydroxylation is 2. The number of hydrogen-bond donors (Lipinski definition) is 0. The zero-order valence-corrected chi connectivity index (χ0v) is 38.1. The molecule has 0 fully saturated rings. The largest absolute Gasteiger partial charge is 0.497 e. The number of fused-ring (bicyclic) bond motifs is 6. The van der Waals surface area contributed by atoms with Crippen LogP contribution in [-0.2, 0) is 0 Å². The molecule has 334 valence electrons. The van der Waals surface area contributed by atoms with Gasteiger partial charge in [-0.3, -0.25) is 19.1 Å².